The Labute approximate surface area is 300 Å². The molecule has 0 bridgehead atoms. The van der Waals surface area contributed by atoms with Gasteiger partial charge in [0.2, 0.25) is 0 Å². The van der Waals surface area contributed by atoms with Crippen LogP contribution in [0.15, 0.2) is 91.7 Å². The number of unbranched alkanes of at least 4 members (excludes halogenated alkanes) is 6. The standard InChI is InChI=1S/C44H58O6/c1-5-7-9-11-13-31-46-47-33-37-18-25-42(26-19-37)50-49-35(4)15-30-44(45)48-41-27-22-39(23-28-41)43-29-24-40(32-34(43)3)38-20-16-36(17-21-38)14-12-10-8-6-2/h5,18-19,22-29,32,36,38H,1,4,6-17,20-21,30-31,33H2,2-3H3. The van der Waals surface area contributed by atoms with E-state index >= 15 is 0 Å². The third kappa shape index (κ3) is 13.8. The fraction of sp³-hybridized carbons (Fsp3) is 0.477. The van der Waals surface area contributed by atoms with E-state index in [1.807, 2.05) is 42.5 Å². The van der Waals surface area contributed by atoms with Gasteiger partial charge in [0.15, 0.2) is 5.75 Å². The zero-order valence-corrected chi connectivity index (χ0v) is 30.5. The highest BCUT2D eigenvalue weighted by Gasteiger charge is 2.22. The van der Waals surface area contributed by atoms with Gasteiger partial charge < -0.3 is 4.74 Å². The molecule has 0 amide bonds. The van der Waals surface area contributed by atoms with Gasteiger partial charge >= 0.3 is 5.97 Å². The lowest BCUT2D eigenvalue weighted by Gasteiger charge is -2.29. The molecule has 1 aliphatic carbocycles. The van der Waals surface area contributed by atoms with Crippen LogP contribution in [-0.4, -0.2) is 12.6 Å². The molecule has 0 aromatic heterocycles. The zero-order chi connectivity index (χ0) is 35.4. The van der Waals surface area contributed by atoms with E-state index in [1.54, 1.807) is 12.1 Å². The van der Waals surface area contributed by atoms with Crippen LogP contribution in [0.25, 0.3) is 11.1 Å². The quantitative estimate of drug-likeness (QED) is 0.0189. The molecule has 0 spiro atoms. The van der Waals surface area contributed by atoms with Crippen molar-refractivity contribution in [2.45, 2.75) is 123 Å². The lowest BCUT2D eigenvalue weighted by molar-refractivity contribution is -0.304. The average molecular weight is 683 g/mol. The Morgan fingerprint density at radius 1 is 0.820 bits per heavy atom. The minimum absolute atomic E-state index is 0.121. The number of ether oxygens (including phenoxy) is 1. The van der Waals surface area contributed by atoms with Crippen molar-refractivity contribution in [1.29, 1.82) is 0 Å². The van der Waals surface area contributed by atoms with Crippen LogP contribution in [0.3, 0.4) is 0 Å². The molecule has 4 rings (SSSR count). The summed E-state index contributed by atoms with van der Waals surface area (Å²) in [6.45, 7) is 13.0. The van der Waals surface area contributed by atoms with Crippen LogP contribution in [0, 0.1) is 12.8 Å². The Bertz CT molecular complexity index is 1440. The summed E-state index contributed by atoms with van der Waals surface area (Å²) in [6, 6.07) is 22.0. The van der Waals surface area contributed by atoms with Gasteiger partial charge in [0.1, 0.15) is 18.1 Å². The van der Waals surface area contributed by atoms with E-state index in [4.69, 9.17) is 24.3 Å². The van der Waals surface area contributed by atoms with E-state index in [1.165, 1.54) is 74.5 Å². The molecule has 0 N–H and O–H groups in total. The summed E-state index contributed by atoms with van der Waals surface area (Å²) in [5, 5.41) is 0. The van der Waals surface area contributed by atoms with Crippen LogP contribution in [-0.2, 0) is 26.1 Å². The van der Waals surface area contributed by atoms with Gasteiger partial charge in [-0.3, -0.25) is 14.6 Å². The Morgan fingerprint density at radius 3 is 2.28 bits per heavy atom. The summed E-state index contributed by atoms with van der Waals surface area (Å²) < 4.78 is 5.57. The van der Waals surface area contributed by atoms with Crippen molar-refractivity contribution >= 4 is 5.97 Å². The number of hydrogen-bond donors (Lipinski definition) is 0. The number of aryl methyl sites for hydroxylation is 1. The Morgan fingerprint density at radius 2 is 1.56 bits per heavy atom. The number of carbonyl (C=O) groups is 1. The van der Waals surface area contributed by atoms with Gasteiger partial charge in [-0.2, -0.15) is 0 Å². The van der Waals surface area contributed by atoms with Crippen LogP contribution >= 0.6 is 0 Å². The van der Waals surface area contributed by atoms with Gasteiger partial charge in [-0.25, -0.2) is 9.78 Å². The third-order valence-electron chi connectivity index (χ3n) is 9.66. The van der Waals surface area contributed by atoms with E-state index < -0.39 is 0 Å². The SMILES string of the molecule is C=CCCCCCOOCc1ccc(OOC(=C)CCC(=O)Oc2ccc(-c3ccc(C4CCC(CCCCCC)CC4)cc3C)cc2)cc1. The first-order chi connectivity index (χ1) is 24.4. The molecule has 0 atom stereocenters. The average Bonchev–Trinajstić information content (AvgIpc) is 3.14. The number of allylic oxidation sites excluding steroid dienone is 2. The van der Waals surface area contributed by atoms with Gasteiger partial charge in [-0.05, 0) is 116 Å². The van der Waals surface area contributed by atoms with Crippen molar-refractivity contribution < 1.29 is 29.1 Å². The summed E-state index contributed by atoms with van der Waals surface area (Å²) in [7, 11) is 0. The van der Waals surface area contributed by atoms with Crippen LogP contribution in [0.2, 0.25) is 0 Å². The number of esters is 1. The second kappa shape index (κ2) is 22.1. The van der Waals surface area contributed by atoms with E-state index in [0.29, 0.717) is 36.4 Å². The first-order valence-corrected chi connectivity index (χ1v) is 18.8. The lowest BCUT2D eigenvalue weighted by atomic mass is 9.76. The van der Waals surface area contributed by atoms with E-state index in [9.17, 15) is 4.79 Å². The second-order valence-electron chi connectivity index (χ2n) is 13.7. The Balaban J connectivity index is 1.12. The van der Waals surface area contributed by atoms with E-state index in [-0.39, 0.29) is 18.8 Å². The highest BCUT2D eigenvalue weighted by molar-refractivity contribution is 5.73. The van der Waals surface area contributed by atoms with Crippen molar-refractivity contribution in [3.8, 4) is 22.6 Å². The highest BCUT2D eigenvalue weighted by Crippen LogP contribution is 2.39. The third-order valence-corrected chi connectivity index (χ3v) is 9.66. The molecular weight excluding hydrogens is 624 g/mol. The fourth-order valence-electron chi connectivity index (χ4n) is 6.62. The molecule has 3 aromatic rings. The van der Waals surface area contributed by atoms with E-state index in [2.05, 4.69) is 45.2 Å². The van der Waals surface area contributed by atoms with Crippen molar-refractivity contribution in [3.05, 3.63) is 108 Å². The maximum Gasteiger partial charge on any atom is 0.311 e. The number of carbonyl (C=O) groups excluding carboxylic acids is 1. The second-order valence-corrected chi connectivity index (χ2v) is 13.7. The molecule has 6 heteroatoms. The molecule has 50 heavy (non-hydrogen) atoms. The largest absolute Gasteiger partial charge is 0.427 e. The monoisotopic (exact) mass is 682 g/mol. The first-order valence-electron chi connectivity index (χ1n) is 18.8. The Kier molecular flexibility index (Phi) is 17.2. The first kappa shape index (κ1) is 38.9. The molecule has 6 nitrogen and oxygen atoms in total. The predicted molar refractivity (Wildman–Crippen MR) is 202 cm³/mol. The van der Waals surface area contributed by atoms with E-state index in [0.717, 1.165) is 42.7 Å². The molecule has 0 radical (unpaired) electrons. The summed E-state index contributed by atoms with van der Waals surface area (Å²) in [5.74, 6) is 2.60. The smallest absolute Gasteiger partial charge is 0.311 e. The molecule has 0 unspecified atom stereocenters. The summed E-state index contributed by atoms with van der Waals surface area (Å²) >= 11 is 0. The molecule has 1 aliphatic rings. The van der Waals surface area contributed by atoms with Crippen molar-refractivity contribution in [2.24, 2.45) is 5.92 Å². The maximum atomic E-state index is 12.5. The van der Waals surface area contributed by atoms with Crippen LogP contribution in [0.5, 0.6) is 11.5 Å². The van der Waals surface area contributed by atoms with Gasteiger partial charge in [-0.1, -0.05) is 101 Å². The molecule has 0 saturated heterocycles. The minimum atomic E-state index is -0.359. The van der Waals surface area contributed by atoms with Crippen LogP contribution < -0.4 is 9.62 Å². The summed E-state index contributed by atoms with van der Waals surface area (Å²) in [6.07, 6.45) is 18.8. The predicted octanol–water partition coefficient (Wildman–Crippen LogP) is 12.3. The van der Waals surface area contributed by atoms with Gasteiger partial charge in [0.05, 0.1) is 13.0 Å². The molecular formula is C44H58O6. The lowest BCUT2D eigenvalue weighted by Crippen LogP contribution is -2.13. The van der Waals surface area contributed by atoms with Crippen molar-refractivity contribution in [3.63, 3.8) is 0 Å². The fourth-order valence-corrected chi connectivity index (χ4v) is 6.62. The maximum absolute atomic E-state index is 12.5. The Hall–Kier alpha value is -3.87. The molecule has 1 fully saturated rings. The summed E-state index contributed by atoms with van der Waals surface area (Å²) in [4.78, 5) is 33.7. The zero-order valence-electron chi connectivity index (χ0n) is 30.5. The topological polar surface area (TPSA) is 63.2 Å². The molecule has 3 aromatic carbocycles. The highest BCUT2D eigenvalue weighted by atomic mass is 17.2. The molecule has 0 aliphatic heterocycles. The number of hydrogen-bond acceptors (Lipinski definition) is 6. The van der Waals surface area contributed by atoms with Crippen molar-refractivity contribution in [1.82, 2.24) is 0 Å². The number of rotatable bonds is 23. The summed E-state index contributed by atoms with van der Waals surface area (Å²) in [5.41, 5.74) is 6.03. The van der Waals surface area contributed by atoms with Gasteiger partial charge in [0, 0.05) is 6.42 Å². The molecule has 1 saturated carbocycles. The van der Waals surface area contributed by atoms with Gasteiger partial charge in [-0.15, -0.1) is 6.58 Å². The molecule has 0 heterocycles. The van der Waals surface area contributed by atoms with Crippen LogP contribution in [0.4, 0.5) is 0 Å². The van der Waals surface area contributed by atoms with Crippen molar-refractivity contribution in [2.75, 3.05) is 6.61 Å². The van der Waals surface area contributed by atoms with Gasteiger partial charge in [0.25, 0.3) is 0 Å². The van der Waals surface area contributed by atoms with Crippen LogP contribution in [0.1, 0.15) is 126 Å². The molecule has 270 valence electrons. The normalized spacial score (nSPS) is 15.7. The minimum Gasteiger partial charge on any atom is -0.427 e. The number of benzene rings is 3.